The molecular weight excluding hydrogens is 264 g/mol. The van der Waals surface area contributed by atoms with E-state index >= 15 is 0 Å². The number of rotatable bonds is 5. The van der Waals surface area contributed by atoms with Crippen LogP contribution in [0.2, 0.25) is 0 Å². The van der Waals surface area contributed by atoms with E-state index < -0.39 is 9.76 Å². The van der Waals surface area contributed by atoms with E-state index in [4.69, 9.17) is 4.43 Å². The van der Waals surface area contributed by atoms with Gasteiger partial charge in [-0.1, -0.05) is 50.2 Å². The van der Waals surface area contributed by atoms with Gasteiger partial charge in [-0.05, 0) is 35.2 Å². The molecule has 0 spiro atoms. The van der Waals surface area contributed by atoms with Crippen LogP contribution in [-0.2, 0) is 11.0 Å². The number of benzene rings is 2. The van der Waals surface area contributed by atoms with E-state index in [0.29, 0.717) is 18.3 Å². The molecule has 0 aliphatic rings. The summed E-state index contributed by atoms with van der Waals surface area (Å²) in [5.41, 5.74) is 3.38. The van der Waals surface area contributed by atoms with Gasteiger partial charge in [0.1, 0.15) is 5.75 Å². The summed E-state index contributed by atoms with van der Waals surface area (Å²) in [5, 5.41) is 11.4. The van der Waals surface area contributed by atoms with Gasteiger partial charge in [-0.25, -0.2) is 0 Å². The van der Waals surface area contributed by atoms with Crippen LogP contribution < -0.4 is 5.19 Å². The quantitative estimate of drug-likeness (QED) is 0.857. The lowest BCUT2D eigenvalue weighted by molar-refractivity contribution is 0.319. The van der Waals surface area contributed by atoms with Gasteiger partial charge in [-0.2, -0.15) is 0 Å². The minimum atomic E-state index is -0.735. The Morgan fingerprint density at radius 2 is 1.80 bits per heavy atom. The second-order valence-electron chi connectivity index (χ2n) is 5.43. The van der Waals surface area contributed by atoms with Crippen molar-refractivity contribution < 1.29 is 9.53 Å². The van der Waals surface area contributed by atoms with Crippen LogP contribution in [0, 0.1) is 6.92 Å². The summed E-state index contributed by atoms with van der Waals surface area (Å²) >= 11 is 0. The number of hydrogen-bond acceptors (Lipinski definition) is 2. The Morgan fingerprint density at radius 3 is 2.45 bits per heavy atom. The van der Waals surface area contributed by atoms with Crippen molar-refractivity contribution in [2.45, 2.75) is 33.3 Å². The summed E-state index contributed by atoms with van der Waals surface area (Å²) in [6.45, 7) is 6.90. The van der Waals surface area contributed by atoms with Gasteiger partial charge in [0.25, 0.3) is 0 Å². The van der Waals surface area contributed by atoms with E-state index in [1.807, 2.05) is 24.3 Å². The summed E-state index contributed by atoms with van der Waals surface area (Å²) in [6.07, 6.45) is 0. The Labute approximate surface area is 123 Å². The lowest BCUT2D eigenvalue weighted by atomic mass is 9.92. The third-order valence-corrected chi connectivity index (χ3v) is 4.70. The monoisotopic (exact) mass is 286 g/mol. The van der Waals surface area contributed by atoms with Gasteiger partial charge in [0.05, 0.1) is 6.61 Å². The van der Waals surface area contributed by atoms with Crippen LogP contribution in [0.3, 0.4) is 0 Å². The van der Waals surface area contributed by atoms with Crippen molar-refractivity contribution in [3.05, 3.63) is 59.2 Å². The van der Waals surface area contributed by atoms with Crippen molar-refractivity contribution in [2.75, 3.05) is 0 Å². The molecule has 0 heterocycles. The fraction of sp³-hybridized carbons (Fsp3) is 0.294. The van der Waals surface area contributed by atoms with E-state index in [-0.39, 0.29) is 0 Å². The molecule has 2 nitrogen and oxygen atoms in total. The first-order chi connectivity index (χ1) is 9.59. The molecule has 0 fully saturated rings. The molecule has 0 saturated carbocycles. The van der Waals surface area contributed by atoms with Gasteiger partial charge in [-0.3, -0.25) is 0 Å². The maximum Gasteiger partial charge on any atom is 0.192 e. The summed E-state index contributed by atoms with van der Waals surface area (Å²) in [5.74, 6) is 0.737. The normalized spacial score (nSPS) is 11.6. The number of aryl methyl sites for hydroxylation is 1. The Bertz CT molecular complexity index is 565. The van der Waals surface area contributed by atoms with Crippen LogP contribution in [0.5, 0.6) is 5.75 Å². The van der Waals surface area contributed by atoms with Gasteiger partial charge < -0.3 is 9.53 Å². The first kappa shape index (κ1) is 14.8. The Kier molecular flexibility index (Phi) is 4.98. The zero-order chi connectivity index (χ0) is 14.5. The summed E-state index contributed by atoms with van der Waals surface area (Å²) in [4.78, 5) is 0. The van der Waals surface area contributed by atoms with Crippen LogP contribution in [0.25, 0.3) is 0 Å². The summed E-state index contributed by atoms with van der Waals surface area (Å²) in [6, 6.07) is 14.0. The molecular formula is C17H22O2Si. The van der Waals surface area contributed by atoms with Gasteiger partial charge in [0, 0.05) is 5.56 Å². The molecule has 2 aromatic rings. The Balaban J connectivity index is 2.11. The standard InChI is InChI=1S/C17H22O2Si/c1-12(2)17-13(3)9-10-16(18)15(17)11-19-20-14-7-5-4-6-8-14/h4-10,12,18H,11,20H2,1-3H3. The van der Waals surface area contributed by atoms with Gasteiger partial charge in [0.15, 0.2) is 9.76 Å². The van der Waals surface area contributed by atoms with E-state index in [9.17, 15) is 5.11 Å². The third-order valence-electron chi connectivity index (χ3n) is 3.49. The molecule has 20 heavy (non-hydrogen) atoms. The highest BCUT2D eigenvalue weighted by Gasteiger charge is 2.14. The van der Waals surface area contributed by atoms with Crippen LogP contribution >= 0.6 is 0 Å². The number of aromatic hydroxyl groups is 1. The van der Waals surface area contributed by atoms with Crippen LogP contribution in [0.4, 0.5) is 0 Å². The van der Waals surface area contributed by atoms with E-state index in [1.165, 1.54) is 16.3 Å². The molecule has 0 amide bonds. The molecule has 106 valence electrons. The van der Waals surface area contributed by atoms with Gasteiger partial charge in [-0.15, -0.1) is 0 Å². The lowest BCUT2D eigenvalue weighted by Crippen LogP contribution is -2.17. The summed E-state index contributed by atoms with van der Waals surface area (Å²) in [7, 11) is -0.735. The average molecular weight is 286 g/mol. The number of phenolic OH excluding ortho intramolecular Hbond substituents is 1. The van der Waals surface area contributed by atoms with Crippen molar-refractivity contribution >= 4 is 14.9 Å². The van der Waals surface area contributed by atoms with Crippen molar-refractivity contribution in [3.8, 4) is 5.75 Å². The SMILES string of the molecule is Cc1ccc(O)c(CO[SiH2]c2ccccc2)c1C(C)C. The zero-order valence-corrected chi connectivity index (χ0v) is 13.8. The average Bonchev–Trinajstić information content (AvgIpc) is 2.43. The Morgan fingerprint density at radius 1 is 1.10 bits per heavy atom. The van der Waals surface area contributed by atoms with Gasteiger partial charge >= 0.3 is 0 Å². The van der Waals surface area contributed by atoms with Crippen molar-refractivity contribution in [3.63, 3.8) is 0 Å². The van der Waals surface area contributed by atoms with Crippen LogP contribution in [0.1, 0.15) is 36.5 Å². The first-order valence-corrected chi connectivity index (χ1v) is 8.31. The Hall–Kier alpha value is -1.58. The van der Waals surface area contributed by atoms with Crippen LogP contribution in [0.15, 0.2) is 42.5 Å². The smallest absolute Gasteiger partial charge is 0.192 e. The van der Waals surface area contributed by atoms with E-state index in [2.05, 4.69) is 32.9 Å². The molecule has 0 saturated heterocycles. The molecule has 0 bridgehead atoms. The molecule has 0 atom stereocenters. The lowest BCUT2D eigenvalue weighted by Gasteiger charge is -2.17. The van der Waals surface area contributed by atoms with Crippen molar-refractivity contribution in [2.24, 2.45) is 0 Å². The highest BCUT2D eigenvalue weighted by Crippen LogP contribution is 2.30. The molecule has 0 aliphatic heterocycles. The molecule has 0 unspecified atom stereocenters. The molecule has 2 rings (SSSR count). The molecule has 3 heteroatoms. The van der Waals surface area contributed by atoms with E-state index in [1.54, 1.807) is 6.07 Å². The maximum atomic E-state index is 10.1. The third kappa shape index (κ3) is 3.49. The zero-order valence-electron chi connectivity index (χ0n) is 12.4. The molecule has 2 aromatic carbocycles. The van der Waals surface area contributed by atoms with Crippen molar-refractivity contribution in [1.82, 2.24) is 0 Å². The molecule has 1 N–H and O–H groups in total. The largest absolute Gasteiger partial charge is 0.508 e. The van der Waals surface area contributed by atoms with Crippen LogP contribution in [-0.4, -0.2) is 14.9 Å². The minimum Gasteiger partial charge on any atom is -0.508 e. The number of phenols is 1. The maximum absolute atomic E-state index is 10.1. The van der Waals surface area contributed by atoms with Crippen molar-refractivity contribution in [1.29, 1.82) is 0 Å². The molecule has 0 radical (unpaired) electrons. The fourth-order valence-corrected chi connectivity index (χ4v) is 3.58. The number of hydrogen-bond donors (Lipinski definition) is 1. The fourth-order valence-electron chi connectivity index (χ4n) is 2.57. The predicted molar refractivity (Wildman–Crippen MR) is 86.3 cm³/mol. The second-order valence-corrected chi connectivity index (χ2v) is 6.94. The topological polar surface area (TPSA) is 29.5 Å². The second kappa shape index (κ2) is 6.73. The highest BCUT2D eigenvalue weighted by molar-refractivity contribution is 6.46. The highest BCUT2D eigenvalue weighted by atomic mass is 28.2. The molecule has 0 aliphatic carbocycles. The summed E-state index contributed by atoms with van der Waals surface area (Å²) < 4.78 is 5.91. The van der Waals surface area contributed by atoms with Gasteiger partial charge in [0.2, 0.25) is 0 Å². The first-order valence-electron chi connectivity index (χ1n) is 7.02. The predicted octanol–water partition coefficient (Wildman–Crippen LogP) is 2.75. The minimum absolute atomic E-state index is 0.348. The molecule has 0 aromatic heterocycles. The van der Waals surface area contributed by atoms with E-state index in [0.717, 1.165) is 5.56 Å².